The third-order valence-corrected chi connectivity index (χ3v) is 2.55. The van der Waals surface area contributed by atoms with Gasteiger partial charge in [0.15, 0.2) is 0 Å². The van der Waals surface area contributed by atoms with Crippen LogP contribution >= 0.6 is 0 Å². The molecule has 0 aromatic carbocycles. The maximum Gasteiger partial charge on any atom is 0.313 e. The van der Waals surface area contributed by atoms with E-state index >= 15 is 0 Å². The molecule has 1 N–H and O–H groups in total. The molecule has 0 saturated heterocycles. The third-order valence-electron chi connectivity index (χ3n) is 2.55. The number of hydrogen-bond donors (Lipinski definition) is 1. The second kappa shape index (κ2) is 5.10. The highest BCUT2D eigenvalue weighted by Gasteiger charge is 2.29. The molecular formula is C10H16O4. The van der Waals surface area contributed by atoms with Crippen molar-refractivity contribution < 1.29 is 19.4 Å². The maximum atomic E-state index is 11.0. The van der Waals surface area contributed by atoms with Crippen LogP contribution in [0.5, 0.6) is 0 Å². The average Bonchev–Trinajstić information content (AvgIpc) is 2.10. The molecule has 3 atom stereocenters. The number of aldehydes is 1. The maximum absolute atomic E-state index is 11.0. The lowest BCUT2D eigenvalue weighted by Gasteiger charge is -2.30. The Morgan fingerprint density at radius 2 is 2.29 bits per heavy atom. The molecule has 0 amide bonds. The Balaban J connectivity index is 2.37. The zero-order valence-corrected chi connectivity index (χ0v) is 8.31. The van der Waals surface area contributed by atoms with Crippen LogP contribution in [0.4, 0.5) is 0 Å². The first-order chi connectivity index (χ1) is 6.63. The van der Waals surface area contributed by atoms with Crippen LogP contribution in [0.2, 0.25) is 0 Å². The van der Waals surface area contributed by atoms with Gasteiger partial charge in [-0.2, -0.15) is 0 Å². The molecule has 1 fully saturated rings. The van der Waals surface area contributed by atoms with E-state index in [2.05, 4.69) is 6.92 Å². The topological polar surface area (TPSA) is 63.6 Å². The summed E-state index contributed by atoms with van der Waals surface area (Å²) in [5.41, 5.74) is 0. The molecule has 4 heteroatoms. The number of rotatable bonds is 3. The number of esters is 1. The van der Waals surface area contributed by atoms with Crippen molar-refractivity contribution in [2.24, 2.45) is 5.92 Å². The molecule has 1 aliphatic rings. The molecular weight excluding hydrogens is 184 g/mol. The third kappa shape index (κ3) is 3.10. The number of aliphatic hydroxyl groups is 1. The van der Waals surface area contributed by atoms with Gasteiger partial charge >= 0.3 is 5.97 Å². The summed E-state index contributed by atoms with van der Waals surface area (Å²) in [6.07, 6.45) is 1.61. The zero-order chi connectivity index (χ0) is 10.6. The SMILES string of the molecule is CC1CCC(OC(=O)CC=O)C(O)C1. The molecule has 1 rings (SSSR count). The Hall–Kier alpha value is -0.900. The van der Waals surface area contributed by atoms with Crippen molar-refractivity contribution in [3.8, 4) is 0 Å². The van der Waals surface area contributed by atoms with Crippen molar-refractivity contribution in [3.63, 3.8) is 0 Å². The summed E-state index contributed by atoms with van der Waals surface area (Å²) >= 11 is 0. The van der Waals surface area contributed by atoms with Crippen molar-refractivity contribution >= 4 is 12.3 Å². The van der Waals surface area contributed by atoms with E-state index in [1.54, 1.807) is 0 Å². The molecule has 0 aromatic heterocycles. The fraction of sp³-hybridized carbons (Fsp3) is 0.800. The summed E-state index contributed by atoms with van der Waals surface area (Å²) in [6, 6.07) is 0. The largest absolute Gasteiger partial charge is 0.459 e. The average molecular weight is 200 g/mol. The van der Waals surface area contributed by atoms with E-state index in [-0.39, 0.29) is 6.42 Å². The van der Waals surface area contributed by atoms with Crippen LogP contribution in [-0.4, -0.2) is 29.6 Å². The summed E-state index contributed by atoms with van der Waals surface area (Å²) in [5, 5.41) is 9.59. The van der Waals surface area contributed by atoms with Crippen molar-refractivity contribution in [2.45, 2.75) is 44.8 Å². The highest BCUT2D eigenvalue weighted by atomic mass is 16.6. The van der Waals surface area contributed by atoms with Gasteiger partial charge in [-0.1, -0.05) is 6.92 Å². The monoisotopic (exact) mass is 200 g/mol. The van der Waals surface area contributed by atoms with Crippen LogP contribution in [-0.2, 0) is 14.3 Å². The molecule has 1 aliphatic carbocycles. The minimum atomic E-state index is -0.575. The number of aliphatic hydroxyl groups excluding tert-OH is 1. The first kappa shape index (κ1) is 11.2. The van der Waals surface area contributed by atoms with E-state index in [0.29, 0.717) is 25.0 Å². The van der Waals surface area contributed by atoms with Crippen molar-refractivity contribution in [1.82, 2.24) is 0 Å². The number of ether oxygens (including phenoxy) is 1. The van der Waals surface area contributed by atoms with Gasteiger partial charge in [0, 0.05) is 0 Å². The van der Waals surface area contributed by atoms with Crippen molar-refractivity contribution in [3.05, 3.63) is 0 Å². The standard InChI is InChI=1S/C10H16O4/c1-7-2-3-9(8(12)6-7)14-10(13)4-5-11/h5,7-9,12H,2-4,6H2,1H3. The van der Waals surface area contributed by atoms with Gasteiger partial charge < -0.3 is 14.6 Å². The Morgan fingerprint density at radius 3 is 2.86 bits per heavy atom. The lowest BCUT2D eigenvalue weighted by atomic mass is 9.86. The van der Waals surface area contributed by atoms with Gasteiger partial charge in [0.2, 0.25) is 0 Å². The Kier molecular flexibility index (Phi) is 4.07. The molecule has 4 nitrogen and oxygen atoms in total. The van der Waals surface area contributed by atoms with Crippen molar-refractivity contribution in [1.29, 1.82) is 0 Å². The minimum Gasteiger partial charge on any atom is -0.459 e. The molecule has 1 saturated carbocycles. The number of hydrogen-bond acceptors (Lipinski definition) is 4. The van der Waals surface area contributed by atoms with E-state index in [9.17, 15) is 14.7 Å². The minimum absolute atomic E-state index is 0.223. The summed E-state index contributed by atoms with van der Waals surface area (Å²) in [5.74, 6) is -0.0652. The van der Waals surface area contributed by atoms with E-state index in [1.807, 2.05) is 0 Å². The van der Waals surface area contributed by atoms with Crippen LogP contribution in [0.3, 0.4) is 0 Å². The quantitative estimate of drug-likeness (QED) is 0.413. The molecule has 3 unspecified atom stereocenters. The van der Waals surface area contributed by atoms with Crippen LogP contribution < -0.4 is 0 Å². The van der Waals surface area contributed by atoms with E-state index < -0.39 is 18.2 Å². The van der Waals surface area contributed by atoms with Gasteiger partial charge in [-0.15, -0.1) is 0 Å². The van der Waals surface area contributed by atoms with Crippen LogP contribution in [0.25, 0.3) is 0 Å². The summed E-state index contributed by atoms with van der Waals surface area (Å²) in [7, 11) is 0. The summed E-state index contributed by atoms with van der Waals surface area (Å²) in [4.78, 5) is 21.0. The van der Waals surface area contributed by atoms with Crippen LogP contribution in [0.1, 0.15) is 32.6 Å². The van der Waals surface area contributed by atoms with Gasteiger partial charge in [-0.25, -0.2) is 0 Å². The molecule has 0 aliphatic heterocycles. The smallest absolute Gasteiger partial charge is 0.313 e. The highest BCUT2D eigenvalue weighted by Crippen LogP contribution is 2.26. The van der Waals surface area contributed by atoms with Gasteiger partial charge in [0.1, 0.15) is 18.8 Å². The molecule has 0 heterocycles. The number of carbonyl (C=O) groups excluding carboxylic acids is 2. The Bertz CT molecular complexity index is 214. The van der Waals surface area contributed by atoms with Gasteiger partial charge in [0.25, 0.3) is 0 Å². The predicted molar refractivity (Wildman–Crippen MR) is 49.6 cm³/mol. The summed E-state index contributed by atoms with van der Waals surface area (Å²) < 4.78 is 4.97. The molecule has 80 valence electrons. The molecule has 0 spiro atoms. The fourth-order valence-electron chi connectivity index (χ4n) is 1.75. The second-order valence-electron chi connectivity index (χ2n) is 3.88. The molecule has 14 heavy (non-hydrogen) atoms. The van der Waals surface area contributed by atoms with Crippen molar-refractivity contribution in [2.75, 3.05) is 0 Å². The highest BCUT2D eigenvalue weighted by molar-refractivity contribution is 5.83. The van der Waals surface area contributed by atoms with Gasteiger partial charge in [-0.05, 0) is 25.2 Å². The number of carbonyl (C=O) groups is 2. The summed E-state index contributed by atoms with van der Waals surface area (Å²) in [6.45, 7) is 2.06. The van der Waals surface area contributed by atoms with Gasteiger partial charge in [0.05, 0.1) is 6.10 Å². The fourth-order valence-corrected chi connectivity index (χ4v) is 1.75. The van der Waals surface area contributed by atoms with Crippen LogP contribution in [0.15, 0.2) is 0 Å². The molecule has 0 aromatic rings. The first-order valence-electron chi connectivity index (χ1n) is 4.94. The predicted octanol–water partition coefficient (Wildman–Crippen LogP) is 0.668. The lowest BCUT2D eigenvalue weighted by Crippen LogP contribution is -2.36. The van der Waals surface area contributed by atoms with E-state index in [1.165, 1.54) is 0 Å². The normalized spacial score (nSPS) is 32.3. The molecule has 0 radical (unpaired) electrons. The first-order valence-corrected chi connectivity index (χ1v) is 4.94. The zero-order valence-electron chi connectivity index (χ0n) is 8.31. The van der Waals surface area contributed by atoms with E-state index in [0.717, 1.165) is 6.42 Å². The van der Waals surface area contributed by atoms with E-state index in [4.69, 9.17) is 4.74 Å². The Labute approximate surface area is 83.2 Å². The second-order valence-corrected chi connectivity index (χ2v) is 3.88. The van der Waals surface area contributed by atoms with Crippen LogP contribution in [0, 0.1) is 5.92 Å². The molecule has 0 bridgehead atoms. The Morgan fingerprint density at radius 1 is 1.57 bits per heavy atom. The lowest BCUT2D eigenvalue weighted by molar-refractivity contribution is -0.158. The van der Waals surface area contributed by atoms with Gasteiger partial charge in [-0.3, -0.25) is 4.79 Å².